The minimum absolute atomic E-state index is 0.209. The summed E-state index contributed by atoms with van der Waals surface area (Å²) in [6.07, 6.45) is 3.21. The van der Waals surface area contributed by atoms with Gasteiger partial charge in [0, 0.05) is 16.1 Å². The van der Waals surface area contributed by atoms with Gasteiger partial charge < -0.3 is 9.15 Å². The second kappa shape index (κ2) is 7.25. The summed E-state index contributed by atoms with van der Waals surface area (Å²) in [6, 6.07) is 18.5. The summed E-state index contributed by atoms with van der Waals surface area (Å²) < 4.78 is 11.5. The van der Waals surface area contributed by atoms with Crippen molar-refractivity contribution in [3.05, 3.63) is 88.4 Å². The Kier molecular flexibility index (Phi) is 4.64. The zero-order valence-corrected chi connectivity index (χ0v) is 16.0. The van der Waals surface area contributed by atoms with E-state index >= 15 is 0 Å². The van der Waals surface area contributed by atoms with E-state index in [9.17, 15) is 4.79 Å². The molecule has 0 aliphatic carbocycles. The Morgan fingerprint density at radius 3 is 2.44 bits per heavy atom. The van der Waals surface area contributed by atoms with Crippen molar-refractivity contribution in [2.24, 2.45) is 4.99 Å². The van der Waals surface area contributed by atoms with E-state index in [0.29, 0.717) is 17.3 Å². The lowest BCUT2D eigenvalue weighted by atomic mass is 10.1. The van der Waals surface area contributed by atoms with Gasteiger partial charge in [0.15, 0.2) is 0 Å². The molecule has 1 amide bonds. The van der Waals surface area contributed by atoms with Crippen LogP contribution < -0.4 is 9.64 Å². The lowest BCUT2D eigenvalue weighted by molar-refractivity contribution is -0.113. The highest BCUT2D eigenvalue weighted by atomic mass is 79.9. The number of anilines is 1. The molecular weight excluding hydrogens is 408 g/mol. The number of methoxy groups -OCH3 is 1. The molecule has 0 bridgehead atoms. The highest BCUT2D eigenvalue weighted by Crippen LogP contribution is 2.29. The molecule has 1 aromatic heterocycles. The van der Waals surface area contributed by atoms with Crippen molar-refractivity contribution in [1.29, 1.82) is 0 Å². The molecule has 4 rings (SSSR count). The SMILES string of the molecule is COc1ccc(C2=N/C(=C/c3ccco3)C(=O)N2c2ccc(Br)cc2)cc1. The smallest absolute Gasteiger partial charge is 0.282 e. The predicted octanol–water partition coefficient (Wildman–Crippen LogP) is 4.89. The summed E-state index contributed by atoms with van der Waals surface area (Å²) >= 11 is 3.43. The largest absolute Gasteiger partial charge is 0.497 e. The van der Waals surface area contributed by atoms with E-state index in [1.54, 1.807) is 36.5 Å². The van der Waals surface area contributed by atoms with Gasteiger partial charge in [-0.3, -0.25) is 9.69 Å². The summed E-state index contributed by atoms with van der Waals surface area (Å²) in [7, 11) is 1.62. The summed E-state index contributed by atoms with van der Waals surface area (Å²) in [5, 5.41) is 0. The fourth-order valence-corrected chi connectivity index (χ4v) is 3.05. The minimum Gasteiger partial charge on any atom is -0.497 e. The zero-order chi connectivity index (χ0) is 18.8. The number of aliphatic imine (C=N–C) groups is 1. The summed E-state index contributed by atoms with van der Waals surface area (Å²) in [6.45, 7) is 0. The van der Waals surface area contributed by atoms with Crippen LogP contribution in [0.15, 0.2) is 86.5 Å². The standard InChI is InChI=1S/C21H15BrN2O3/c1-26-17-10-4-14(5-11-17)20-23-19(13-18-3-2-12-27-18)21(25)24(20)16-8-6-15(22)7-9-16/h2-13H,1H3/b19-13+. The fourth-order valence-electron chi connectivity index (χ4n) is 2.79. The maximum absolute atomic E-state index is 13.1. The molecule has 0 fully saturated rings. The molecule has 0 atom stereocenters. The fraction of sp³-hybridized carbons (Fsp3) is 0.0476. The van der Waals surface area contributed by atoms with E-state index in [2.05, 4.69) is 20.9 Å². The van der Waals surface area contributed by atoms with Crippen molar-refractivity contribution in [2.45, 2.75) is 0 Å². The average molecular weight is 423 g/mol. The third kappa shape index (κ3) is 3.44. The van der Waals surface area contributed by atoms with Gasteiger partial charge in [-0.05, 0) is 60.7 Å². The highest BCUT2D eigenvalue weighted by molar-refractivity contribution is 9.10. The van der Waals surface area contributed by atoms with Gasteiger partial charge >= 0.3 is 0 Å². The second-order valence-corrected chi connectivity index (χ2v) is 6.74. The lowest BCUT2D eigenvalue weighted by Crippen LogP contribution is -2.32. The first kappa shape index (κ1) is 17.3. The monoisotopic (exact) mass is 422 g/mol. The number of hydrogen-bond donors (Lipinski definition) is 0. The lowest BCUT2D eigenvalue weighted by Gasteiger charge is -2.18. The van der Waals surface area contributed by atoms with Gasteiger partial charge in [-0.1, -0.05) is 15.9 Å². The van der Waals surface area contributed by atoms with E-state index in [-0.39, 0.29) is 5.91 Å². The third-order valence-corrected chi connectivity index (χ3v) is 4.64. The van der Waals surface area contributed by atoms with Crippen LogP contribution in [0.25, 0.3) is 6.08 Å². The average Bonchev–Trinajstić information content (AvgIpc) is 3.32. The van der Waals surface area contributed by atoms with Crippen molar-refractivity contribution in [3.63, 3.8) is 0 Å². The number of benzene rings is 2. The van der Waals surface area contributed by atoms with Crippen molar-refractivity contribution < 1.29 is 13.9 Å². The van der Waals surface area contributed by atoms with E-state index in [1.165, 1.54) is 0 Å². The molecular formula is C21H15BrN2O3. The van der Waals surface area contributed by atoms with Gasteiger partial charge in [0.05, 0.1) is 19.1 Å². The van der Waals surface area contributed by atoms with E-state index < -0.39 is 0 Å². The molecule has 2 aromatic carbocycles. The van der Waals surface area contributed by atoms with Gasteiger partial charge in [0.1, 0.15) is 23.0 Å². The number of furan rings is 1. The molecule has 134 valence electrons. The molecule has 0 N–H and O–H groups in total. The number of carbonyl (C=O) groups excluding carboxylic acids is 1. The molecule has 0 saturated heterocycles. The number of halogens is 1. The minimum atomic E-state index is -0.209. The van der Waals surface area contributed by atoms with Crippen LogP contribution in [0.5, 0.6) is 5.75 Å². The van der Waals surface area contributed by atoms with Crippen LogP contribution in [0, 0.1) is 0 Å². The molecule has 27 heavy (non-hydrogen) atoms. The summed E-state index contributed by atoms with van der Waals surface area (Å²) in [5.41, 5.74) is 1.87. The molecule has 0 radical (unpaired) electrons. The zero-order valence-electron chi connectivity index (χ0n) is 14.4. The first-order valence-electron chi connectivity index (χ1n) is 8.24. The Labute approximate surface area is 164 Å². The molecule has 1 aliphatic heterocycles. The topological polar surface area (TPSA) is 55.0 Å². The van der Waals surface area contributed by atoms with E-state index in [0.717, 1.165) is 21.5 Å². The molecule has 3 aromatic rings. The summed E-state index contributed by atoms with van der Waals surface area (Å²) in [4.78, 5) is 19.3. The Hall–Kier alpha value is -3.12. The van der Waals surface area contributed by atoms with E-state index in [4.69, 9.17) is 9.15 Å². The molecule has 2 heterocycles. The van der Waals surface area contributed by atoms with Gasteiger partial charge in [-0.2, -0.15) is 0 Å². The molecule has 0 spiro atoms. The van der Waals surface area contributed by atoms with Crippen LogP contribution in [-0.2, 0) is 4.79 Å². The Morgan fingerprint density at radius 2 is 1.81 bits per heavy atom. The van der Waals surface area contributed by atoms with Crippen LogP contribution in [0.4, 0.5) is 5.69 Å². The number of amides is 1. The first-order valence-corrected chi connectivity index (χ1v) is 9.03. The Morgan fingerprint density at radius 1 is 1.07 bits per heavy atom. The summed E-state index contributed by atoms with van der Waals surface area (Å²) in [5.74, 6) is 1.67. The normalized spacial score (nSPS) is 15.3. The predicted molar refractivity (Wildman–Crippen MR) is 108 cm³/mol. The molecule has 5 nitrogen and oxygen atoms in total. The Balaban J connectivity index is 1.80. The van der Waals surface area contributed by atoms with Gasteiger partial charge in [-0.15, -0.1) is 0 Å². The quantitative estimate of drug-likeness (QED) is 0.562. The van der Waals surface area contributed by atoms with Gasteiger partial charge in [0.25, 0.3) is 5.91 Å². The number of rotatable bonds is 4. The molecule has 0 saturated carbocycles. The van der Waals surface area contributed by atoms with Crippen molar-refractivity contribution in [3.8, 4) is 5.75 Å². The maximum atomic E-state index is 13.1. The van der Waals surface area contributed by atoms with Crippen LogP contribution in [0.2, 0.25) is 0 Å². The Bertz CT molecular complexity index is 1020. The number of nitrogens with zero attached hydrogens (tertiary/aromatic N) is 2. The molecule has 1 aliphatic rings. The van der Waals surface area contributed by atoms with Crippen LogP contribution in [0.3, 0.4) is 0 Å². The number of hydrogen-bond acceptors (Lipinski definition) is 4. The van der Waals surface area contributed by atoms with Crippen LogP contribution in [0.1, 0.15) is 11.3 Å². The van der Waals surface area contributed by atoms with Crippen molar-refractivity contribution in [1.82, 2.24) is 0 Å². The second-order valence-electron chi connectivity index (χ2n) is 5.83. The number of amidine groups is 1. The van der Waals surface area contributed by atoms with E-state index in [1.807, 2.05) is 48.5 Å². The number of ether oxygens (including phenoxy) is 1. The molecule has 6 heteroatoms. The van der Waals surface area contributed by atoms with Crippen LogP contribution in [-0.4, -0.2) is 18.9 Å². The third-order valence-electron chi connectivity index (χ3n) is 4.12. The van der Waals surface area contributed by atoms with Crippen molar-refractivity contribution in [2.75, 3.05) is 12.0 Å². The van der Waals surface area contributed by atoms with Crippen molar-refractivity contribution >= 4 is 39.4 Å². The van der Waals surface area contributed by atoms with Crippen LogP contribution >= 0.6 is 15.9 Å². The molecule has 0 unspecified atom stereocenters. The van der Waals surface area contributed by atoms with Gasteiger partial charge in [0.2, 0.25) is 0 Å². The highest BCUT2D eigenvalue weighted by Gasteiger charge is 2.32. The number of carbonyl (C=O) groups is 1. The van der Waals surface area contributed by atoms with Gasteiger partial charge in [-0.25, -0.2) is 4.99 Å². The first-order chi connectivity index (χ1) is 13.2. The maximum Gasteiger partial charge on any atom is 0.282 e.